The van der Waals surface area contributed by atoms with Crippen molar-refractivity contribution in [2.75, 3.05) is 20.2 Å². The van der Waals surface area contributed by atoms with Crippen molar-refractivity contribution in [2.45, 2.75) is 37.5 Å². The molecule has 1 atom stereocenters. The highest BCUT2D eigenvalue weighted by molar-refractivity contribution is 5.85. The lowest BCUT2D eigenvalue weighted by molar-refractivity contribution is -0.250. The lowest BCUT2D eigenvalue weighted by atomic mass is 9.92. The average molecular weight is 397 g/mol. The molecule has 0 radical (unpaired) electrons. The monoisotopic (exact) mass is 397 g/mol. The Morgan fingerprint density at radius 2 is 1.86 bits per heavy atom. The van der Waals surface area contributed by atoms with Gasteiger partial charge < -0.3 is 14.7 Å². The molecule has 1 saturated heterocycles. The van der Waals surface area contributed by atoms with Crippen LogP contribution < -0.4 is 4.74 Å². The molecule has 1 fully saturated rings. The van der Waals surface area contributed by atoms with Gasteiger partial charge in [-0.25, -0.2) is 4.68 Å². The lowest BCUT2D eigenvalue weighted by Crippen LogP contribution is -2.57. The number of methoxy groups -OCH3 is 1. The fourth-order valence-electron chi connectivity index (χ4n) is 3.44. The van der Waals surface area contributed by atoms with Crippen molar-refractivity contribution in [1.82, 2.24) is 14.7 Å². The molecule has 2 heterocycles. The number of carbonyl (C=O) groups excluding carboxylic acids is 1. The van der Waals surface area contributed by atoms with Crippen molar-refractivity contribution < 1.29 is 27.8 Å². The van der Waals surface area contributed by atoms with E-state index in [2.05, 4.69) is 5.10 Å². The Bertz CT molecular complexity index is 840. The average Bonchev–Trinajstić information content (AvgIpc) is 3.16. The molecule has 28 heavy (non-hydrogen) atoms. The normalized spacial score (nSPS) is 18.0. The molecule has 2 aromatic rings. The van der Waals surface area contributed by atoms with Gasteiger partial charge in [0.15, 0.2) is 0 Å². The number of carbonyl (C=O) groups is 1. The fourth-order valence-corrected chi connectivity index (χ4v) is 3.44. The van der Waals surface area contributed by atoms with Crippen LogP contribution in [-0.4, -0.2) is 57.7 Å². The van der Waals surface area contributed by atoms with E-state index in [0.717, 1.165) is 16.3 Å². The number of halogens is 3. The molecule has 0 spiro atoms. The highest BCUT2D eigenvalue weighted by Gasteiger charge is 2.57. The van der Waals surface area contributed by atoms with Gasteiger partial charge in [0, 0.05) is 30.9 Å². The summed E-state index contributed by atoms with van der Waals surface area (Å²) in [6, 6.07) is 9.27. The molecule has 3 rings (SSSR count). The van der Waals surface area contributed by atoms with Crippen LogP contribution in [0, 0.1) is 0 Å². The molecular weight excluding hydrogens is 375 g/mol. The van der Waals surface area contributed by atoms with E-state index in [4.69, 9.17) is 4.74 Å². The SMILES string of the molecule is COc1ccccc1-n1nccc1C1CCN(C(=O)[C@@](C)(O)C(F)(F)F)CC1. The first-order valence-corrected chi connectivity index (χ1v) is 8.92. The molecule has 1 aliphatic rings. The Hall–Kier alpha value is -2.55. The number of rotatable bonds is 4. The first-order chi connectivity index (χ1) is 13.2. The zero-order chi connectivity index (χ0) is 20.5. The molecule has 0 aliphatic carbocycles. The Morgan fingerprint density at radius 1 is 1.21 bits per heavy atom. The molecule has 6 nitrogen and oxygen atoms in total. The maximum Gasteiger partial charge on any atom is 0.426 e. The standard InChI is InChI=1S/C19H22F3N3O3/c1-18(27,19(20,21)22)17(26)24-11-8-13(9-12-24)14-7-10-23-25(14)15-5-3-4-6-16(15)28-2/h3-7,10,13,27H,8-9,11-12H2,1-2H3/t18-/m1/s1. The van der Waals surface area contributed by atoms with Gasteiger partial charge >= 0.3 is 6.18 Å². The van der Waals surface area contributed by atoms with E-state index in [1.54, 1.807) is 18.0 Å². The summed E-state index contributed by atoms with van der Waals surface area (Å²) in [5.41, 5.74) is -1.71. The number of benzene rings is 1. The van der Waals surface area contributed by atoms with Gasteiger partial charge in [-0.1, -0.05) is 12.1 Å². The summed E-state index contributed by atoms with van der Waals surface area (Å²) in [7, 11) is 1.57. The van der Waals surface area contributed by atoms with E-state index >= 15 is 0 Å². The highest BCUT2D eigenvalue weighted by atomic mass is 19.4. The van der Waals surface area contributed by atoms with E-state index < -0.39 is 17.7 Å². The van der Waals surface area contributed by atoms with Gasteiger partial charge in [-0.2, -0.15) is 18.3 Å². The Balaban J connectivity index is 1.75. The smallest absolute Gasteiger partial charge is 0.426 e. The van der Waals surface area contributed by atoms with Crippen molar-refractivity contribution >= 4 is 5.91 Å². The quantitative estimate of drug-likeness (QED) is 0.862. The second kappa shape index (κ2) is 7.46. The molecule has 152 valence electrons. The molecule has 1 aliphatic heterocycles. The molecule has 1 aromatic carbocycles. The minimum absolute atomic E-state index is 0.0206. The third kappa shape index (κ3) is 3.58. The van der Waals surface area contributed by atoms with Gasteiger partial charge in [0.25, 0.3) is 5.91 Å². The third-order valence-corrected chi connectivity index (χ3v) is 5.15. The summed E-state index contributed by atoms with van der Waals surface area (Å²) in [6.07, 6.45) is -2.40. The number of hydrogen-bond donors (Lipinski definition) is 1. The second-order valence-electron chi connectivity index (χ2n) is 6.98. The van der Waals surface area contributed by atoms with Crippen molar-refractivity contribution in [3.63, 3.8) is 0 Å². The van der Waals surface area contributed by atoms with Crippen molar-refractivity contribution in [3.8, 4) is 11.4 Å². The summed E-state index contributed by atoms with van der Waals surface area (Å²) in [5.74, 6) is -0.634. The van der Waals surface area contributed by atoms with Crippen LogP contribution in [0.3, 0.4) is 0 Å². The van der Waals surface area contributed by atoms with Gasteiger partial charge in [-0.05, 0) is 38.0 Å². The van der Waals surface area contributed by atoms with Crippen LogP contribution in [-0.2, 0) is 4.79 Å². The summed E-state index contributed by atoms with van der Waals surface area (Å²) >= 11 is 0. The van der Waals surface area contributed by atoms with Gasteiger partial charge in [-0.3, -0.25) is 4.79 Å². The number of ether oxygens (including phenoxy) is 1. The first kappa shape index (κ1) is 20.2. The van der Waals surface area contributed by atoms with E-state index in [0.29, 0.717) is 25.5 Å². The predicted octanol–water partition coefficient (Wildman–Crippen LogP) is 2.90. The van der Waals surface area contributed by atoms with Gasteiger partial charge in [0.1, 0.15) is 11.4 Å². The highest BCUT2D eigenvalue weighted by Crippen LogP contribution is 2.35. The van der Waals surface area contributed by atoms with Crippen LogP contribution in [0.2, 0.25) is 0 Å². The number of aliphatic hydroxyl groups is 1. The van der Waals surface area contributed by atoms with Crippen LogP contribution in [0.1, 0.15) is 31.4 Å². The second-order valence-corrected chi connectivity index (χ2v) is 6.98. The van der Waals surface area contributed by atoms with E-state index in [1.807, 2.05) is 30.3 Å². The van der Waals surface area contributed by atoms with E-state index in [1.165, 1.54) is 0 Å². The topological polar surface area (TPSA) is 67.6 Å². The molecule has 1 aromatic heterocycles. The minimum atomic E-state index is -5.01. The number of para-hydroxylation sites is 2. The van der Waals surface area contributed by atoms with Gasteiger partial charge in [-0.15, -0.1) is 0 Å². The summed E-state index contributed by atoms with van der Waals surface area (Å²) in [6.45, 7) is 0.762. The summed E-state index contributed by atoms with van der Waals surface area (Å²) < 4.78 is 45.9. The molecular formula is C19H22F3N3O3. The predicted molar refractivity (Wildman–Crippen MR) is 95.3 cm³/mol. The third-order valence-electron chi connectivity index (χ3n) is 5.15. The number of piperidine rings is 1. The maximum atomic E-state index is 12.9. The summed E-state index contributed by atoms with van der Waals surface area (Å²) in [5, 5.41) is 14.0. The van der Waals surface area contributed by atoms with Crippen LogP contribution in [0.4, 0.5) is 13.2 Å². The van der Waals surface area contributed by atoms with Crippen LogP contribution in [0.15, 0.2) is 36.5 Å². The molecule has 1 N–H and O–H groups in total. The number of hydrogen-bond acceptors (Lipinski definition) is 4. The zero-order valence-electron chi connectivity index (χ0n) is 15.6. The van der Waals surface area contributed by atoms with Crippen LogP contribution in [0.25, 0.3) is 5.69 Å². The first-order valence-electron chi connectivity index (χ1n) is 8.92. The fraction of sp³-hybridized carbons (Fsp3) is 0.474. The van der Waals surface area contributed by atoms with Crippen molar-refractivity contribution in [2.24, 2.45) is 0 Å². The number of nitrogens with zero attached hydrogens (tertiary/aromatic N) is 3. The summed E-state index contributed by atoms with van der Waals surface area (Å²) in [4.78, 5) is 13.2. The molecule has 1 amide bonds. The Morgan fingerprint density at radius 3 is 2.46 bits per heavy atom. The maximum absolute atomic E-state index is 12.9. The lowest BCUT2D eigenvalue weighted by Gasteiger charge is -2.36. The van der Waals surface area contributed by atoms with Crippen LogP contribution in [0.5, 0.6) is 5.75 Å². The van der Waals surface area contributed by atoms with E-state index in [9.17, 15) is 23.1 Å². The largest absolute Gasteiger partial charge is 0.494 e. The number of alkyl halides is 3. The van der Waals surface area contributed by atoms with Crippen molar-refractivity contribution in [3.05, 3.63) is 42.2 Å². The number of amides is 1. The zero-order valence-corrected chi connectivity index (χ0v) is 15.6. The molecule has 0 unspecified atom stereocenters. The van der Waals surface area contributed by atoms with Crippen LogP contribution >= 0.6 is 0 Å². The van der Waals surface area contributed by atoms with Gasteiger partial charge in [0.05, 0.1) is 7.11 Å². The number of aromatic nitrogens is 2. The van der Waals surface area contributed by atoms with E-state index in [-0.39, 0.29) is 19.0 Å². The molecule has 0 bridgehead atoms. The number of likely N-dealkylation sites (tertiary alicyclic amines) is 1. The molecule has 0 saturated carbocycles. The Kier molecular flexibility index (Phi) is 5.38. The minimum Gasteiger partial charge on any atom is -0.494 e. The van der Waals surface area contributed by atoms with Gasteiger partial charge in [0.2, 0.25) is 5.60 Å². The van der Waals surface area contributed by atoms with Crippen molar-refractivity contribution in [1.29, 1.82) is 0 Å². The Labute approximate surface area is 160 Å². The molecule has 9 heteroatoms.